The lowest BCUT2D eigenvalue weighted by Gasteiger charge is -2.30. The maximum absolute atomic E-state index is 14.8. The summed E-state index contributed by atoms with van der Waals surface area (Å²) in [6.45, 7) is 5.57. The van der Waals surface area contributed by atoms with E-state index in [1.165, 1.54) is 82.3 Å². The van der Waals surface area contributed by atoms with E-state index in [1.807, 2.05) is 24.3 Å². The van der Waals surface area contributed by atoms with Crippen LogP contribution in [0.25, 0.3) is 0 Å². The van der Waals surface area contributed by atoms with Gasteiger partial charge in [0.05, 0.1) is 18.8 Å². The van der Waals surface area contributed by atoms with Crippen LogP contribution in [0.2, 0.25) is 0 Å². The van der Waals surface area contributed by atoms with Gasteiger partial charge < -0.3 is 14.2 Å². The highest BCUT2D eigenvalue weighted by molar-refractivity contribution is 5.91. The normalized spacial score (nSPS) is 17.6. The van der Waals surface area contributed by atoms with Gasteiger partial charge in [-0.15, -0.1) is 0 Å². The Morgan fingerprint density at radius 1 is 0.838 bits per heavy atom. The van der Waals surface area contributed by atoms with Crippen molar-refractivity contribution in [2.45, 2.75) is 104 Å². The van der Waals surface area contributed by atoms with Crippen LogP contribution in [0.5, 0.6) is 5.75 Å². The summed E-state index contributed by atoms with van der Waals surface area (Å²) in [5.74, 6) is -0.289. The second kappa shape index (κ2) is 16.6. The summed E-state index contributed by atoms with van der Waals surface area (Å²) in [7, 11) is 0. The Morgan fingerprint density at radius 3 is 2.11 bits per heavy atom. The molecule has 1 aliphatic heterocycles. The summed E-state index contributed by atoms with van der Waals surface area (Å²) >= 11 is 0. The van der Waals surface area contributed by atoms with Gasteiger partial charge in [0, 0.05) is 11.5 Å². The Labute approximate surface area is 222 Å². The van der Waals surface area contributed by atoms with Crippen LogP contribution in [0.15, 0.2) is 42.5 Å². The van der Waals surface area contributed by atoms with E-state index in [2.05, 4.69) is 13.8 Å². The number of ether oxygens (including phenoxy) is 3. The van der Waals surface area contributed by atoms with Crippen molar-refractivity contribution < 1.29 is 23.4 Å². The van der Waals surface area contributed by atoms with Gasteiger partial charge in [0.15, 0.2) is 6.29 Å². The fourth-order valence-electron chi connectivity index (χ4n) is 4.77. The Bertz CT molecular complexity index is 919. The molecule has 37 heavy (non-hydrogen) atoms. The van der Waals surface area contributed by atoms with E-state index in [0.717, 1.165) is 12.8 Å². The molecule has 0 saturated carbocycles. The van der Waals surface area contributed by atoms with Crippen molar-refractivity contribution in [3.63, 3.8) is 0 Å². The maximum atomic E-state index is 14.8. The Hall–Kier alpha value is -2.24. The standard InChI is InChI=1S/C32H45FO4/c1-3-5-7-9-10-11-13-14-25-16-19-28(20-17-25)37-31(34)27-18-21-29(30(33)22-27)32-35-23-26(24-36-32)15-12-8-6-4-2/h16-22,26,32H,3-15,23-24H2,1-2H3. The lowest BCUT2D eigenvalue weighted by Crippen LogP contribution is -2.27. The van der Waals surface area contributed by atoms with Gasteiger partial charge >= 0.3 is 5.97 Å². The third-order valence-corrected chi connectivity index (χ3v) is 7.13. The van der Waals surface area contributed by atoms with Gasteiger partial charge in [-0.3, -0.25) is 0 Å². The molecule has 1 fully saturated rings. The minimum Gasteiger partial charge on any atom is -0.423 e. The highest BCUT2D eigenvalue weighted by atomic mass is 19.1. The van der Waals surface area contributed by atoms with Crippen LogP contribution < -0.4 is 4.74 Å². The molecule has 1 saturated heterocycles. The number of hydrogen-bond donors (Lipinski definition) is 0. The largest absolute Gasteiger partial charge is 0.423 e. The van der Waals surface area contributed by atoms with E-state index in [4.69, 9.17) is 14.2 Å². The number of aryl methyl sites for hydroxylation is 1. The number of benzene rings is 2. The van der Waals surface area contributed by atoms with Crippen LogP contribution in [0.3, 0.4) is 0 Å². The van der Waals surface area contributed by atoms with Crippen molar-refractivity contribution in [2.75, 3.05) is 13.2 Å². The Kier molecular flexibility index (Phi) is 13.1. The van der Waals surface area contributed by atoms with Gasteiger partial charge in [-0.05, 0) is 49.1 Å². The van der Waals surface area contributed by atoms with E-state index in [9.17, 15) is 9.18 Å². The third kappa shape index (κ3) is 10.2. The van der Waals surface area contributed by atoms with Gasteiger partial charge in [-0.25, -0.2) is 9.18 Å². The average Bonchev–Trinajstić information content (AvgIpc) is 2.92. The zero-order valence-corrected chi connectivity index (χ0v) is 22.8. The maximum Gasteiger partial charge on any atom is 0.343 e. The number of rotatable bonds is 16. The number of esters is 1. The summed E-state index contributed by atoms with van der Waals surface area (Å²) in [4.78, 5) is 12.6. The van der Waals surface area contributed by atoms with E-state index >= 15 is 0 Å². The van der Waals surface area contributed by atoms with Gasteiger partial charge in [-0.2, -0.15) is 0 Å². The van der Waals surface area contributed by atoms with Crippen LogP contribution in [0, 0.1) is 11.7 Å². The molecule has 4 nitrogen and oxygen atoms in total. The minimum atomic E-state index is -0.735. The summed E-state index contributed by atoms with van der Waals surface area (Å²) in [5.41, 5.74) is 1.72. The van der Waals surface area contributed by atoms with Gasteiger partial charge in [0.2, 0.25) is 0 Å². The first-order valence-corrected chi connectivity index (χ1v) is 14.4. The molecule has 0 aromatic heterocycles. The van der Waals surface area contributed by atoms with Crippen molar-refractivity contribution in [3.8, 4) is 5.75 Å². The van der Waals surface area contributed by atoms with Crippen molar-refractivity contribution >= 4 is 5.97 Å². The fraction of sp³-hybridized carbons (Fsp3) is 0.594. The van der Waals surface area contributed by atoms with Gasteiger partial charge in [0.25, 0.3) is 0 Å². The number of hydrogen-bond acceptors (Lipinski definition) is 4. The number of unbranched alkanes of at least 4 members (excludes halogenated alkanes) is 9. The first-order valence-electron chi connectivity index (χ1n) is 14.4. The molecule has 0 radical (unpaired) electrons. The summed E-state index contributed by atoms with van der Waals surface area (Å²) in [6.07, 6.45) is 15.2. The van der Waals surface area contributed by atoms with E-state index < -0.39 is 18.1 Å². The molecule has 0 aliphatic carbocycles. The van der Waals surface area contributed by atoms with Crippen molar-refractivity contribution in [2.24, 2.45) is 5.92 Å². The molecule has 0 spiro atoms. The predicted octanol–water partition coefficient (Wildman–Crippen LogP) is 8.97. The fourth-order valence-corrected chi connectivity index (χ4v) is 4.77. The van der Waals surface area contributed by atoms with Gasteiger partial charge in [0.1, 0.15) is 11.6 Å². The van der Waals surface area contributed by atoms with E-state index in [1.54, 1.807) is 12.1 Å². The second-order valence-electron chi connectivity index (χ2n) is 10.4. The van der Waals surface area contributed by atoms with Crippen molar-refractivity contribution in [3.05, 3.63) is 65.0 Å². The van der Waals surface area contributed by atoms with Crippen LogP contribution in [-0.4, -0.2) is 19.2 Å². The van der Waals surface area contributed by atoms with Gasteiger partial charge in [-0.1, -0.05) is 96.3 Å². The summed E-state index contributed by atoms with van der Waals surface area (Å²) < 4.78 is 31.9. The highest BCUT2D eigenvalue weighted by Gasteiger charge is 2.26. The molecule has 1 aliphatic rings. The molecule has 0 atom stereocenters. The monoisotopic (exact) mass is 512 g/mol. The quantitative estimate of drug-likeness (QED) is 0.128. The lowest BCUT2D eigenvalue weighted by molar-refractivity contribution is -0.207. The summed E-state index contributed by atoms with van der Waals surface area (Å²) in [6, 6.07) is 11.9. The Morgan fingerprint density at radius 2 is 1.46 bits per heavy atom. The second-order valence-corrected chi connectivity index (χ2v) is 10.4. The molecule has 0 N–H and O–H groups in total. The predicted molar refractivity (Wildman–Crippen MR) is 146 cm³/mol. The molecule has 2 aromatic rings. The molecule has 2 aromatic carbocycles. The lowest BCUT2D eigenvalue weighted by atomic mass is 10.0. The van der Waals surface area contributed by atoms with E-state index in [0.29, 0.717) is 30.4 Å². The number of carbonyl (C=O) groups is 1. The van der Waals surface area contributed by atoms with Crippen LogP contribution in [0.1, 0.15) is 119 Å². The molecule has 1 heterocycles. The van der Waals surface area contributed by atoms with Crippen molar-refractivity contribution in [1.82, 2.24) is 0 Å². The zero-order valence-electron chi connectivity index (χ0n) is 22.8. The molecule has 5 heteroatoms. The topological polar surface area (TPSA) is 44.8 Å². The molecule has 3 rings (SSSR count). The summed E-state index contributed by atoms with van der Waals surface area (Å²) in [5, 5.41) is 0. The molecule has 204 valence electrons. The number of carbonyl (C=O) groups excluding carboxylic acids is 1. The first-order chi connectivity index (χ1) is 18.1. The number of halogens is 1. The Balaban J connectivity index is 1.42. The van der Waals surface area contributed by atoms with Crippen LogP contribution in [0.4, 0.5) is 4.39 Å². The minimum absolute atomic E-state index is 0.165. The molecule has 0 bridgehead atoms. The first kappa shape index (κ1) is 29.3. The SMILES string of the molecule is CCCCCCCCCc1ccc(OC(=O)c2ccc(C3OCC(CCCCCC)CO3)c(F)c2)cc1. The molecule has 0 amide bonds. The van der Waals surface area contributed by atoms with E-state index in [-0.39, 0.29) is 5.56 Å². The average molecular weight is 513 g/mol. The third-order valence-electron chi connectivity index (χ3n) is 7.13. The molecular formula is C32H45FO4. The highest BCUT2D eigenvalue weighted by Crippen LogP contribution is 2.29. The molecule has 0 unspecified atom stereocenters. The zero-order chi connectivity index (χ0) is 26.3. The van der Waals surface area contributed by atoms with Crippen molar-refractivity contribution in [1.29, 1.82) is 0 Å². The smallest absolute Gasteiger partial charge is 0.343 e. The van der Waals surface area contributed by atoms with Crippen LogP contribution >= 0.6 is 0 Å². The molecular weight excluding hydrogens is 467 g/mol. The van der Waals surface area contributed by atoms with Crippen LogP contribution in [-0.2, 0) is 15.9 Å².